The van der Waals surface area contributed by atoms with Crippen LogP contribution in [0.15, 0.2) is 24.5 Å². The minimum absolute atomic E-state index is 0.0934. The molecule has 0 unspecified atom stereocenters. The second kappa shape index (κ2) is 2.59. The molecule has 0 saturated heterocycles. The first kappa shape index (κ1) is 8.30. The Hall–Kier alpha value is -1.31. The van der Waals surface area contributed by atoms with Gasteiger partial charge in [0.2, 0.25) is 0 Å². The monoisotopic (exact) mass is 173 g/mol. The fourth-order valence-electron chi connectivity index (χ4n) is 1.44. The maximum Gasteiger partial charge on any atom is 0.0963 e. The predicted octanol–water partition coefficient (Wildman–Crippen LogP) is 2.59. The Morgan fingerprint density at radius 1 is 1.38 bits per heavy atom. The first-order chi connectivity index (χ1) is 6.09. The zero-order valence-electron chi connectivity index (χ0n) is 8.20. The van der Waals surface area contributed by atoms with E-state index in [1.165, 1.54) is 5.52 Å². The Morgan fingerprint density at radius 3 is 2.85 bits per heavy atom. The lowest BCUT2D eigenvalue weighted by Gasteiger charge is -2.21. The summed E-state index contributed by atoms with van der Waals surface area (Å²) in [5.41, 5.74) is 2.28. The molecule has 0 amide bonds. The zero-order chi connectivity index (χ0) is 9.47. The maximum absolute atomic E-state index is 4.32. The summed E-state index contributed by atoms with van der Waals surface area (Å²) < 4.78 is 2.18. The van der Waals surface area contributed by atoms with Crippen molar-refractivity contribution in [3.63, 3.8) is 0 Å². The van der Waals surface area contributed by atoms with Crippen LogP contribution < -0.4 is 0 Å². The van der Waals surface area contributed by atoms with Gasteiger partial charge >= 0.3 is 0 Å². The number of hydrogen-bond donors (Lipinski definition) is 0. The van der Waals surface area contributed by atoms with Crippen LogP contribution in [0.5, 0.6) is 0 Å². The number of nitrogens with zero attached hydrogens (tertiary/aromatic N) is 2. The molecule has 0 spiro atoms. The van der Waals surface area contributed by atoms with Crippen molar-refractivity contribution in [1.82, 2.24) is 9.55 Å². The van der Waals surface area contributed by atoms with Gasteiger partial charge in [-0.2, -0.15) is 0 Å². The number of benzene rings is 1. The van der Waals surface area contributed by atoms with E-state index in [0.29, 0.717) is 0 Å². The normalized spacial score (nSPS) is 12.2. The second-order valence-electron chi connectivity index (χ2n) is 4.20. The fraction of sp³-hybridized carbons (Fsp3) is 0.364. The van der Waals surface area contributed by atoms with Crippen molar-refractivity contribution in [1.29, 1.82) is 0 Å². The van der Waals surface area contributed by atoms with Crippen molar-refractivity contribution in [3.8, 4) is 0 Å². The van der Waals surface area contributed by atoms with E-state index >= 15 is 0 Å². The van der Waals surface area contributed by atoms with Crippen LogP contribution in [0.4, 0.5) is 0 Å². The standard InChI is InChI=1S/C11H13N2/c1-11(2,3)13-8-12-9-6-4-5-7-10(9)13/h5-8H,1-3H3. The summed E-state index contributed by atoms with van der Waals surface area (Å²) in [4.78, 5) is 4.32. The van der Waals surface area contributed by atoms with Crippen LogP contribution in [0, 0.1) is 6.07 Å². The first-order valence-electron chi connectivity index (χ1n) is 4.43. The van der Waals surface area contributed by atoms with Crippen LogP contribution in [0.3, 0.4) is 0 Å². The number of fused-ring (bicyclic) bond motifs is 1. The third-order valence-electron chi connectivity index (χ3n) is 2.11. The van der Waals surface area contributed by atoms with Crippen molar-refractivity contribution < 1.29 is 0 Å². The van der Waals surface area contributed by atoms with Gasteiger partial charge in [-0.1, -0.05) is 6.07 Å². The average molecular weight is 173 g/mol. The van der Waals surface area contributed by atoms with Gasteiger partial charge in [-0.25, -0.2) is 4.98 Å². The van der Waals surface area contributed by atoms with E-state index in [9.17, 15) is 0 Å². The predicted molar refractivity (Wildman–Crippen MR) is 53.6 cm³/mol. The van der Waals surface area contributed by atoms with Gasteiger partial charge in [0.25, 0.3) is 0 Å². The summed E-state index contributed by atoms with van der Waals surface area (Å²) in [7, 11) is 0. The fourth-order valence-corrected chi connectivity index (χ4v) is 1.44. The highest BCUT2D eigenvalue weighted by Crippen LogP contribution is 2.20. The lowest BCUT2D eigenvalue weighted by Crippen LogP contribution is -2.20. The van der Waals surface area contributed by atoms with Crippen molar-refractivity contribution >= 4 is 11.0 Å². The van der Waals surface area contributed by atoms with Crippen LogP contribution in [-0.2, 0) is 5.54 Å². The minimum atomic E-state index is 0.0934. The van der Waals surface area contributed by atoms with E-state index < -0.39 is 0 Å². The SMILES string of the molecule is CC(C)(C)n1cnc2c[c]ccc21. The maximum atomic E-state index is 4.32. The molecule has 13 heavy (non-hydrogen) atoms. The Morgan fingerprint density at radius 2 is 2.15 bits per heavy atom. The van der Waals surface area contributed by atoms with Crippen molar-refractivity contribution in [3.05, 3.63) is 30.6 Å². The van der Waals surface area contributed by atoms with Crippen molar-refractivity contribution in [2.45, 2.75) is 26.3 Å². The Labute approximate surface area is 78.2 Å². The van der Waals surface area contributed by atoms with E-state index in [-0.39, 0.29) is 5.54 Å². The molecule has 0 aliphatic rings. The van der Waals surface area contributed by atoms with E-state index in [0.717, 1.165) is 5.52 Å². The van der Waals surface area contributed by atoms with Gasteiger partial charge < -0.3 is 4.57 Å². The van der Waals surface area contributed by atoms with Gasteiger partial charge in [-0.15, -0.1) is 0 Å². The molecular formula is C11H13N2. The highest BCUT2D eigenvalue weighted by atomic mass is 15.1. The number of hydrogen-bond acceptors (Lipinski definition) is 1. The van der Waals surface area contributed by atoms with Gasteiger partial charge in [0.05, 0.1) is 17.4 Å². The van der Waals surface area contributed by atoms with Crippen LogP contribution >= 0.6 is 0 Å². The molecule has 2 aromatic rings. The third kappa shape index (κ3) is 1.32. The minimum Gasteiger partial charge on any atom is -0.325 e. The molecule has 0 bridgehead atoms. The summed E-state index contributed by atoms with van der Waals surface area (Å²) in [6.45, 7) is 6.51. The van der Waals surface area contributed by atoms with E-state index in [2.05, 4.69) is 36.4 Å². The third-order valence-corrected chi connectivity index (χ3v) is 2.11. The van der Waals surface area contributed by atoms with Crippen molar-refractivity contribution in [2.75, 3.05) is 0 Å². The van der Waals surface area contributed by atoms with E-state index in [1.807, 2.05) is 24.5 Å². The molecular weight excluding hydrogens is 160 g/mol. The zero-order valence-corrected chi connectivity index (χ0v) is 8.20. The quantitative estimate of drug-likeness (QED) is 0.598. The lowest BCUT2D eigenvalue weighted by atomic mass is 10.1. The highest BCUT2D eigenvalue weighted by molar-refractivity contribution is 5.75. The summed E-state index contributed by atoms with van der Waals surface area (Å²) in [6.07, 6.45) is 1.89. The van der Waals surface area contributed by atoms with Gasteiger partial charge in [0.15, 0.2) is 0 Å². The Balaban J connectivity index is 2.72. The molecule has 1 aromatic heterocycles. The van der Waals surface area contributed by atoms with E-state index in [1.54, 1.807) is 0 Å². The van der Waals surface area contributed by atoms with Crippen molar-refractivity contribution in [2.24, 2.45) is 0 Å². The summed E-state index contributed by atoms with van der Waals surface area (Å²) >= 11 is 0. The number of rotatable bonds is 0. The molecule has 0 aliphatic heterocycles. The first-order valence-corrected chi connectivity index (χ1v) is 4.43. The van der Waals surface area contributed by atoms with Gasteiger partial charge in [-0.05, 0) is 39.0 Å². The van der Waals surface area contributed by atoms with E-state index in [4.69, 9.17) is 0 Å². The largest absolute Gasteiger partial charge is 0.325 e. The molecule has 0 saturated carbocycles. The molecule has 1 aromatic carbocycles. The summed E-state index contributed by atoms with van der Waals surface area (Å²) in [5.74, 6) is 0. The second-order valence-corrected chi connectivity index (χ2v) is 4.20. The highest BCUT2D eigenvalue weighted by Gasteiger charge is 2.14. The van der Waals surface area contributed by atoms with Gasteiger partial charge in [0.1, 0.15) is 0 Å². The van der Waals surface area contributed by atoms with Crippen LogP contribution in [0.2, 0.25) is 0 Å². The molecule has 2 heteroatoms. The summed E-state index contributed by atoms with van der Waals surface area (Å²) in [5, 5.41) is 0. The molecule has 0 aliphatic carbocycles. The van der Waals surface area contributed by atoms with Crippen LogP contribution in [0.25, 0.3) is 11.0 Å². The number of imidazole rings is 1. The summed E-state index contributed by atoms with van der Waals surface area (Å²) in [6, 6.07) is 8.91. The smallest absolute Gasteiger partial charge is 0.0963 e. The van der Waals surface area contributed by atoms with Gasteiger partial charge in [0, 0.05) is 5.54 Å². The molecule has 1 radical (unpaired) electrons. The van der Waals surface area contributed by atoms with Gasteiger partial charge in [-0.3, -0.25) is 0 Å². The topological polar surface area (TPSA) is 17.8 Å². The average Bonchev–Trinajstić information content (AvgIpc) is 2.45. The molecule has 67 valence electrons. The molecule has 1 heterocycles. The molecule has 2 nitrogen and oxygen atoms in total. The van der Waals surface area contributed by atoms with Crippen LogP contribution in [-0.4, -0.2) is 9.55 Å². The molecule has 0 N–H and O–H groups in total. The Kier molecular flexibility index (Phi) is 1.65. The molecule has 0 fully saturated rings. The molecule has 2 rings (SSSR count). The molecule has 0 atom stereocenters. The van der Waals surface area contributed by atoms with Crippen LogP contribution in [0.1, 0.15) is 20.8 Å². The number of aromatic nitrogens is 2. The Bertz CT molecular complexity index is 421. The lowest BCUT2D eigenvalue weighted by molar-refractivity contribution is 0.408.